The van der Waals surface area contributed by atoms with Crippen molar-refractivity contribution in [3.63, 3.8) is 0 Å². The number of carbonyl (C=O) groups is 2. The highest BCUT2D eigenvalue weighted by Crippen LogP contribution is 2.26. The first-order valence-electron chi connectivity index (χ1n) is 6.36. The third-order valence-electron chi connectivity index (χ3n) is 2.95. The molecule has 8 heteroatoms. The van der Waals surface area contributed by atoms with Crippen LogP contribution in [0.1, 0.15) is 20.7 Å². The van der Waals surface area contributed by atoms with Gasteiger partial charge in [-0.05, 0) is 46.3 Å². The van der Waals surface area contributed by atoms with Crippen LogP contribution in [0.4, 0.5) is 11.4 Å². The number of amides is 1. The maximum atomic E-state index is 12.2. The summed E-state index contributed by atoms with van der Waals surface area (Å²) in [6.45, 7) is 0. The minimum Gasteiger partial charge on any atom is -0.465 e. The van der Waals surface area contributed by atoms with Gasteiger partial charge >= 0.3 is 5.97 Å². The second-order valence-electron chi connectivity index (χ2n) is 4.45. The number of nitro benzene ring substituents is 1. The predicted molar refractivity (Wildman–Crippen MR) is 86.5 cm³/mol. The van der Waals surface area contributed by atoms with Gasteiger partial charge in [-0.1, -0.05) is 6.07 Å². The summed E-state index contributed by atoms with van der Waals surface area (Å²) in [4.78, 5) is 34.0. The summed E-state index contributed by atoms with van der Waals surface area (Å²) in [6.07, 6.45) is 0. The lowest BCUT2D eigenvalue weighted by Crippen LogP contribution is -2.13. The Kier molecular flexibility index (Phi) is 5.07. The predicted octanol–water partition coefficient (Wildman–Crippen LogP) is 3.40. The molecule has 118 valence electrons. The van der Waals surface area contributed by atoms with Gasteiger partial charge in [0.05, 0.1) is 22.1 Å². The smallest absolute Gasteiger partial charge is 0.337 e. The summed E-state index contributed by atoms with van der Waals surface area (Å²) < 4.78 is 4.89. The molecule has 0 saturated heterocycles. The number of rotatable bonds is 4. The second-order valence-corrected chi connectivity index (χ2v) is 5.30. The summed E-state index contributed by atoms with van der Waals surface area (Å²) in [5.74, 6) is -1.05. The summed E-state index contributed by atoms with van der Waals surface area (Å²) >= 11 is 3.06. The third kappa shape index (κ3) is 3.92. The zero-order chi connectivity index (χ0) is 17.0. The molecule has 0 unspecified atom stereocenters. The van der Waals surface area contributed by atoms with E-state index in [1.807, 2.05) is 0 Å². The Hall–Kier alpha value is -2.74. The molecule has 0 aliphatic carbocycles. The highest BCUT2D eigenvalue weighted by Gasteiger charge is 2.16. The second kappa shape index (κ2) is 7.01. The first-order chi connectivity index (χ1) is 10.9. The molecule has 0 fully saturated rings. The summed E-state index contributed by atoms with van der Waals surface area (Å²) in [7, 11) is 1.26. The van der Waals surface area contributed by atoms with Gasteiger partial charge in [-0.2, -0.15) is 0 Å². The van der Waals surface area contributed by atoms with Crippen LogP contribution in [0.5, 0.6) is 0 Å². The number of nitro groups is 1. The van der Waals surface area contributed by atoms with Crippen LogP contribution in [0.15, 0.2) is 46.9 Å². The number of benzene rings is 2. The van der Waals surface area contributed by atoms with E-state index in [0.717, 1.165) is 0 Å². The van der Waals surface area contributed by atoms with Crippen LogP contribution in [-0.4, -0.2) is 23.9 Å². The average molecular weight is 379 g/mol. The van der Waals surface area contributed by atoms with Crippen molar-refractivity contribution in [1.29, 1.82) is 0 Å². The van der Waals surface area contributed by atoms with Crippen LogP contribution in [-0.2, 0) is 4.74 Å². The molecular formula is C15H11BrN2O5. The van der Waals surface area contributed by atoms with Crippen LogP contribution in [0.2, 0.25) is 0 Å². The fourth-order valence-electron chi connectivity index (χ4n) is 1.84. The van der Waals surface area contributed by atoms with Crippen molar-refractivity contribution in [2.75, 3.05) is 12.4 Å². The normalized spacial score (nSPS) is 10.0. The van der Waals surface area contributed by atoms with E-state index in [1.54, 1.807) is 18.2 Å². The number of esters is 1. The standard InChI is InChI=1S/C15H11BrN2O5/c1-23-15(20)10-3-2-4-11(7-10)17-14(19)9-5-6-12(16)13(8-9)18(21)22/h2-8H,1H3,(H,17,19). The van der Waals surface area contributed by atoms with Crippen LogP contribution in [0, 0.1) is 10.1 Å². The van der Waals surface area contributed by atoms with E-state index in [1.165, 1.54) is 31.4 Å². The van der Waals surface area contributed by atoms with Crippen molar-refractivity contribution in [3.8, 4) is 0 Å². The van der Waals surface area contributed by atoms with E-state index in [2.05, 4.69) is 26.0 Å². The average Bonchev–Trinajstić information content (AvgIpc) is 2.54. The molecule has 0 spiro atoms. The van der Waals surface area contributed by atoms with Crippen LogP contribution >= 0.6 is 15.9 Å². The van der Waals surface area contributed by atoms with Gasteiger partial charge < -0.3 is 10.1 Å². The molecular weight excluding hydrogens is 368 g/mol. The maximum absolute atomic E-state index is 12.2. The summed E-state index contributed by atoms with van der Waals surface area (Å²) in [5.41, 5.74) is 0.583. The van der Waals surface area contributed by atoms with Crippen LogP contribution < -0.4 is 5.32 Å². The number of halogens is 1. The Morgan fingerprint density at radius 3 is 2.57 bits per heavy atom. The zero-order valence-corrected chi connectivity index (χ0v) is 13.5. The first kappa shape index (κ1) is 16.6. The van der Waals surface area contributed by atoms with Gasteiger partial charge in [-0.15, -0.1) is 0 Å². The van der Waals surface area contributed by atoms with Crippen molar-refractivity contribution < 1.29 is 19.2 Å². The molecule has 1 amide bonds. The van der Waals surface area contributed by atoms with Crippen molar-refractivity contribution >= 4 is 39.2 Å². The number of anilines is 1. The Labute approximate surface area is 139 Å². The minimum absolute atomic E-state index is 0.128. The Morgan fingerprint density at radius 2 is 1.91 bits per heavy atom. The number of hydrogen-bond donors (Lipinski definition) is 1. The van der Waals surface area contributed by atoms with Gasteiger partial charge in [0.2, 0.25) is 0 Å². The molecule has 0 atom stereocenters. The lowest BCUT2D eigenvalue weighted by atomic mass is 10.1. The van der Waals surface area contributed by atoms with Gasteiger partial charge in [-0.3, -0.25) is 14.9 Å². The molecule has 0 saturated carbocycles. The van der Waals surface area contributed by atoms with Crippen LogP contribution in [0.3, 0.4) is 0 Å². The molecule has 2 aromatic carbocycles. The Bertz CT molecular complexity index is 791. The molecule has 7 nitrogen and oxygen atoms in total. The Morgan fingerprint density at radius 1 is 1.17 bits per heavy atom. The Balaban J connectivity index is 2.24. The maximum Gasteiger partial charge on any atom is 0.337 e. The van der Waals surface area contributed by atoms with Crippen molar-refractivity contribution in [3.05, 3.63) is 68.2 Å². The number of methoxy groups -OCH3 is 1. The number of ether oxygens (including phenoxy) is 1. The topological polar surface area (TPSA) is 98.5 Å². The summed E-state index contributed by atoms with van der Waals surface area (Å²) in [5, 5.41) is 13.5. The number of carbonyl (C=O) groups excluding carboxylic acids is 2. The molecule has 0 heterocycles. The number of nitrogens with one attached hydrogen (secondary N) is 1. The van der Waals surface area contributed by atoms with E-state index in [0.29, 0.717) is 5.69 Å². The van der Waals surface area contributed by atoms with Crippen molar-refractivity contribution in [1.82, 2.24) is 0 Å². The lowest BCUT2D eigenvalue weighted by molar-refractivity contribution is -0.385. The number of hydrogen-bond acceptors (Lipinski definition) is 5. The summed E-state index contributed by atoms with van der Waals surface area (Å²) in [6, 6.07) is 10.2. The van der Waals surface area contributed by atoms with E-state index < -0.39 is 16.8 Å². The van der Waals surface area contributed by atoms with Crippen LogP contribution in [0.25, 0.3) is 0 Å². The fraction of sp³-hybridized carbons (Fsp3) is 0.0667. The van der Waals surface area contributed by atoms with Gasteiger partial charge in [0.1, 0.15) is 0 Å². The fourth-order valence-corrected chi connectivity index (χ4v) is 2.23. The zero-order valence-electron chi connectivity index (χ0n) is 11.9. The third-order valence-corrected chi connectivity index (χ3v) is 3.62. The lowest BCUT2D eigenvalue weighted by Gasteiger charge is -2.07. The van der Waals surface area contributed by atoms with Crippen molar-refractivity contribution in [2.24, 2.45) is 0 Å². The molecule has 0 aliphatic heterocycles. The van der Waals surface area contributed by atoms with Gasteiger partial charge in [-0.25, -0.2) is 4.79 Å². The van der Waals surface area contributed by atoms with Gasteiger partial charge in [0.25, 0.3) is 11.6 Å². The van der Waals surface area contributed by atoms with Gasteiger partial charge in [0.15, 0.2) is 0 Å². The monoisotopic (exact) mass is 378 g/mol. The SMILES string of the molecule is COC(=O)c1cccc(NC(=O)c2ccc(Br)c([N+](=O)[O-])c2)c1. The molecule has 2 rings (SSSR count). The molecule has 0 aliphatic rings. The highest BCUT2D eigenvalue weighted by atomic mass is 79.9. The van der Waals surface area contributed by atoms with E-state index in [4.69, 9.17) is 0 Å². The number of nitrogens with zero attached hydrogens (tertiary/aromatic N) is 1. The quantitative estimate of drug-likeness (QED) is 0.499. The largest absolute Gasteiger partial charge is 0.465 e. The molecule has 2 aromatic rings. The highest BCUT2D eigenvalue weighted by molar-refractivity contribution is 9.10. The molecule has 23 heavy (non-hydrogen) atoms. The minimum atomic E-state index is -0.585. The molecule has 0 radical (unpaired) electrons. The molecule has 0 bridgehead atoms. The van der Waals surface area contributed by atoms with E-state index >= 15 is 0 Å². The van der Waals surface area contributed by atoms with Gasteiger partial charge in [0, 0.05) is 17.3 Å². The molecule has 1 N–H and O–H groups in total. The van der Waals surface area contributed by atoms with E-state index in [9.17, 15) is 19.7 Å². The van der Waals surface area contributed by atoms with E-state index in [-0.39, 0.29) is 21.3 Å². The van der Waals surface area contributed by atoms with Crippen molar-refractivity contribution in [2.45, 2.75) is 0 Å². The molecule has 0 aromatic heterocycles. The first-order valence-corrected chi connectivity index (χ1v) is 7.15.